The highest BCUT2D eigenvalue weighted by Crippen LogP contribution is 2.41. The van der Waals surface area contributed by atoms with Crippen LogP contribution in [-0.4, -0.2) is 28.5 Å². The van der Waals surface area contributed by atoms with Gasteiger partial charge in [-0.1, -0.05) is 6.58 Å². The van der Waals surface area contributed by atoms with Crippen molar-refractivity contribution in [2.24, 2.45) is 0 Å². The fourth-order valence-corrected chi connectivity index (χ4v) is 2.07. The Labute approximate surface area is 120 Å². The summed E-state index contributed by atoms with van der Waals surface area (Å²) in [5.41, 5.74) is -0.120. The number of benzene rings is 1. The summed E-state index contributed by atoms with van der Waals surface area (Å²) in [4.78, 5) is 11.2. The highest BCUT2D eigenvalue weighted by Gasteiger charge is 2.26. The number of phenols is 1. The molecule has 0 aliphatic carbocycles. The number of aliphatic hydroxyl groups excluding tert-OH is 2. The van der Waals surface area contributed by atoms with Crippen LogP contribution in [0.4, 0.5) is 0 Å². The van der Waals surface area contributed by atoms with E-state index in [1.54, 1.807) is 6.92 Å². The molecule has 0 bridgehead atoms. The van der Waals surface area contributed by atoms with Gasteiger partial charge >= 0.3 is 5.63 Å². The van der Waals surface area contributed by atoms with Crippen LogP contribution in [0.5, 0.6) is 11.5 Å². The Kier molecular flexibility index (Phi) is 4.02. The lowest BCUT2D eigenvalue weighted by molar-refractivity contribution is 0.0398. The van der Waals surface area contributed by atoms with Crippen LogP contribution >= 0.6 is 0 Å². The number of phenolic OH excluding ortho intramolecular Hbond substituents is 1. The first-order valence-electron chi connectivity index (χ1n) is 6.22. The van der Waals surface area contributed by atoms with Gasteiger partial charge < -0.3 is 24.5 Å². The molecule has 6 nitrogen and oxygen atoms in total. The lowest BCUT2D eigenvalue weighted by atomic mass is 9.97. The average molecular weight is 292 g/mol. The average Bonchev–Trinajstić information content (AvgIpc) is 2.46. The van der Waals surface area contributed by atoms with Gasteiger partial charge in [-0.25, -0.2) is 4.79 Å². The van der Waals surface area contributed by atoms with Gasteiger partial charge in [-0.2, -0.15) is 0 Å². The second kappa shape index (κ2) is 5.59. The molecule has 0 aliphatic heterocycles. The van der Waals surface area contributed by atoms with Crippen molar-refractivity contribution in [2.45, 2.75) is 19.1 Å². The molecule has 1 aromatic heterocycles. The van der Waals surface area contributed by atoms with Crippen LogP contribution in [0.25, 0.3) is 11.0 Å². The molecule has 0 saturated heterocycles. The molecule has 2 aromatic rings. The van der Waals surface area contributed by atoms with Crippen molar-refractivity contribution < 1.29 is 24.5 Å². The number of aromatic hydroxyl groups is 1. The van der Waals surface area contributed by atoms with Gasteiger partial charge in [0.05, 0.1) is 7.11 Å². The molecule has 1 heterocycles. The van der Waals surface area contributed by atoms with Gasteiger partial charge in [0.2, 0.25) is 5.75 Å². The van der Waals surface area contributed by atoms with E-state index in [2.05, 4.69) is 6.58 Å². The Morgan fingerprint density at radius 3 is 2.62 bits per heavy atom. The van der Waals surface area contributed by atoms with Crippen LogP contribution in [0.1, 0.15) is 18.6 Å². The molecular weight excluding hydrogens is 276 g/mol. The topological polar surface area (TPSA) is 100 Å². The normalized spacial score (nSPS) is 13.9. The molecule has 0 amide bonds. The first-order chi connectivity index (χ1) is 9.86. The van der Waals surface area contributed by atoms with Crippen LogP contribution < -0.4 is 10.4 Å². The van der Waals surface area contributed by atoms with Gasteiger partial charge in [0.25, 0.3) is 0 Å². The zero-order chi connectivity index (χ0) is 15.7. The predicted molar refractivity (Wildman–Crippen MR) is 76.5 cm³/mol. The van der Waals surface area contributed by atoms with Crippen molar-refractivity contribution in [3.8, 4) is 11.5 Å². The third-order valence-electron chi connectivity index (χ3n) is 3.19. The summed E-state index contributed by atoms with van der Waals surface area (Å²) in [5.74, 6) is -0.472. The molecule has 112 valence electrons. The molecule has 3 N–H and O–H groups in total. The van der Waals surface area contributed by atoms with Crippen LogP contribution in [-0.2, 0) is 0 Å². The highest BCUT2D eigenvalue weighted by molar-refractivity contribution is 5.86. The summed E-state index contributed by atoms with van der Waals surface area (Å²) in [6.45, 7) is 5.15. The van der Waals surface area contributed by atoms with E-state index in [4.69, 9.17) is 9.15 Å². The molecule has 2 unspecified atom stereocenters. The maximum atomic E-state index is 11.2. The first kappa shape index (κ1) is 15.1. The van der Waals surface area contributed by atoms with Gasteiger partial charge in [-0.05, 0) is 24.6 Å². The van der Waals surface area contributed by atoms with Gasteiger partial charge in [0.15, 0.2) is 11.3 Å². The maximum Gasteiger partial charge on any atom is 0.336 e. The van der Waals surface area contributed by atoms with Crippen molar-refractivity contribution in [1.29, 1.82) is 0 Å². The molecule has 0 radical (unpaired) electrons. The fraction of sp³-hybridized carbons (Fsp3) is 0.267. The molecule has 0 saturated carbocycles. The molecule has 0 spiro atoms. The Bertz CT molecular complexity index is 746. The van der Waals surface area contributed by atoms with Gasteiger partial charge in [0.1, 0.15) is 12.2 Å². The summed E-state index contributed by atoms with van der Waals surface area (Å²) in [6.07, 6.45) is -2.55. The Morgan fingerprint density at radius 1 is 1.38 bits per heavy atom. The van der Waals surface area contributed by atoms with Crippen molar-refractivity contribution in [2.75, 3.05) is 7.11 Å². The monoisotopic (exact) mass is 292 g/mol. The minimum Gasteiger partial charge on any atom is -0.502 e. The smallest absolute Gasteiger partial charge is 0.336 e. The lowest BCUT2D eigenvalue weighted by Gasteiger charge is -2.21. The molecule has 0 aliphatic rings. The third kappa shape index (κ3) is 2.63. The molecule has 6 heteroatoms. The van der Waals surface area contributed by atoms with Crippen molar-refractivity contribution >= 4 is 11.0 Å². The zero-order valence-electron chi connectivity index (χ0n) is 11.7. The van der Waals surface area contributed by atoms with Crippen LogP contribution in [0.15, 0.2) is 39.6 Å². The van der Waals surface area contributed by atoms with Gasteiger partial charge in [0, 0.05) is 17.0 Å². The highest BCUT2D eigenvalue weighted by atomic mass is 16.5. The number of hydrogen-bond acceptors (Lipinski definition) is 6. The van der Waals surface area contributed by atoms with E-state index in [-0.39, 0.29) is 16.9 Å². The van der Waals surface area contributed by atoms with E-state index >= 15 is 0 Å². The first-order valence-corrected chi connectivity index (χ1v) is 6.22. The van der Waals surface area contributed by atoms with Crippen molar-refractivity contribution in [3.05, 3.63) is 46.3 Å². The zero-order valence-corrected chi connectivity index (χ0v) is 11.7. The number of hydrogen-bond donors (Lipinski definition) is 3. The van der Waals surface area contributed by atoms with Crippen molar-refractivity contribution in [3.63, 3.8) is 0 Å². The lowest BCUT2D eigenvalue weighted by Crippen LogP contribution is -2.19. The summed E-state index contributed by atoms with van der Waals surface area (Å²) >= 11 is 0. The molecule has 2 atom stereocenters. The molecular formula is C15H16O6. The van der Waals surface area contributed by atoms with E-state index in [0.29, 0.717) is 11.0 Å². The van der Waals surface area contributed by atoms with Crippen LogP contribution in [0, 0.1) is 0 Å². The van der Waals surface area contributed by atoms with E-state index in [9.17, 15) is 20.1 Å². The van der Waals surface area contributed by atoms with E-state index in [1.807, 2.05) is 0 Å². The van der Waals surface area contributed by atoms with Crippen LogP contribution in [0.3, 0.4) is 0 Å². The van der Waals surface area contributed by atoms with Crippen molar-refractivity contribution in [1.82, 2.24) is 0 Å². The second-order valence-electron chi connectivity index (χ2n) is 4.76. The second-order valence-corrected chi connectivity index (χ2v) is 4.76. The summed E-state index contributed by atoms with van der Waals surface area (Å²) < 4.78 is 9.99. The standard InChI is InChI=1S/C15H16O6/c1-7(2)11(17)12(18)9-6-8-4-5-10(16)21-14(8)13(19)15(9)20-3/h4-6,11-12,17-19H,1H2,2-3H3. The summed E-state index contributed by atoms with van der Waals surface area (Å²) in [5, 5.41) is 30.7. The Hall–Kier alpha value is -2.31. The number of aliphatic hydroxyl groups is 2. The van der Waals surface area contributed by atoms with E-state index in [0.717, 1.165) is 0 Å². The summed E-state index contributed by atoms with van der Waals surface area (Å²) in [7, 11) is 1.30. The molecule has 0 fully saturated rings. The van der Waals surface area contributed by atoms with E-state index in [1.165, 1.54) is 25.3 Å². The predicted octanol–water partition coefficient (Wildman–Crippen LogP) is 1.48. The number of rotatable bonds is 4. The maximum absolute atomic E-state index is 11.2. The largest absolute Gasteiger partial charge is 0.502 e. The van der Waals surface area contributed by atoms with E-state index < -0.39 is 23.6 Å². The number of ether oxygens (including phenoxy) is 1. The van der Waals surface area contributed by atoms with Gasteiger partial charge in [-0.15, -0.1) is 0 Å². The summed E-state index contributed by atoms with van der Waals surface area (Å²) in [6, 6.07) is 4.12. The fourth-order valence-electron chi connectivity index (χ4n) is 2.07. The van der Waals surface area contributed by atoms with Gasteiger partial charge in [-0.3, -0.25) is 0 Å². The molecule has 21 heavy (non-hydrogen) atoms. The molecule has 2 rings (SSSR count). The minimum absolute atomic E-state index is 0.0416. The van der Waals surface area contributed by atoms with Crippen LogP contribution in [0.2, 0.25) is 0 Å². The Balaban J connectivity index is 2.71. The number of fused-ring (bicyclic) bond motifs is 1. The Morgan fingerprint density at radius 2 is 2.05 bits per heavy atom. The third-order valence-corrected chi connectivity index (χ3v) is 3.19. The minimum atomic E-state index is -1.33. The SMILES string of the molecule is C=C(C)C(O)C(O)c1cc2ccc(=O)oc2c(O)c1OC. The molecule has 1 aromatic carbocycles. The quantitative estimate of drug-likeness (QED) is 0.583. The number of methoxy groups -OCH3 is 1.